The highest BCUT2D eigenvalue weighted by molar-refractivity contribution is 7.54. The van der Waals surface area contributed by atoms with Crippen molar-refractivity contribution in [3.63, 3.8) is 0 Å². The molecule has 5 heteroatoms. The average molecular weight is 277 g/mol. The van der Waals surface area contributed by atoms with E-state index in [4.69, 9.17) is 9.05 Å². The molecule has 0 amide bonds. The van der Waals surface area contributed by atoms with Crippen molar-refractivity contribution in [1.82, 2.24) is 4.90 Å². The third kappa shape index (κ3) is 4.34. The summed E-state index contributed by atoms with van der Waals surface area (Å²) in [6.45, 7) is 8.91. The number of unbranched alkanes of at least 4 members (excludes halogenated alkanes) is 2. The van der Waals surface area contributed by atoms with E-state index >= 15 is 0 Å². The Labute approximate surface area is 112 Å². The van der Waals surface area contributed by atoms with E-state index in [-0.39, 0.29) is 5.78 Å². The Morgan fingerprint density at radius 2 is 1.83 bits per heavy atom. The first-order valence-electron chi connectivity index (χ1n) is 7.30. The molecule has 0 aromatic rings. The second-order valence-electron chi connectivity index (χ2n) is 4.74. The minimum Gasteiger partial charge on any atom is -0.308 e. The smallest absolute Gasteiger partial charge is 0.308 e. The summed E-state index contributed by atoms with van der Waals surface area (Å²) in [6, 6.07) is 0. The van der Waals surface area contributed by atoms with Crippen molar-refractivity contribution < 1.29 is 13.6 Å². The van der Waals surface area contributed by atoms with E-state index in [1.807, 2.05) is 13.8 Å². The zero-order valence-corrected chi connectivity index (χ0v) is 13.0. The van der Waals surface area contributed by atoms with Crippen LogP contribution in [0.25, 0.3) is 0 Å². The molecule has 1 atom stereocenters. The van der Waals surface area contributed by atoms with Gasteiger partial charge in [-0.1, -0.05) is 19.8 Å². The molecule has 1 aliphatic heterocycles. The fourth-order valence-corrected chi connectivity index (χ4v) is 4.83. The Kier molecular flexibility index (Phi) is 7.47. The summed E-state index contributed by atoms with van der Waals surface area (Å²) in [5.41, 5.74) is 0. The van der Waals surface area contributed by atoms with Gasteiger partial charge in [-0.05, 0) is 46.2 Å². The van der Waals surface area contributed by atoms with E-state index in [0.29, 0.717) is 13.2 Å². The summed E-state index contributed by atoms with van der Waals surface area (Å²) in [4.78, 5) is 2.31. The molecule has 0 aliphatic carbocycles. The maximum atomic E-state index is 12.8. The van der Waals surface area contributed by atoms with Crippen LogP contribution in [0.2, 0.25) is 0 Å². The molecule has 0 N–H and O–H groups in total. The zero-order chi connectivity index (χ0) is 13.4. The lowest BCUT2D eigenvalue weighted by atomic mass is 10.2. The van der Waals surface area contributed by atoms with E-state index in [1.165, 1.54) is 19.3 Å². The van der Waals surface area contributed by atoms with E-state index in [1.54, 1.807) is 0 Å². The Bertz CT molecular complexity index is 263. The molecule has 0 aromatic carbocycles. The van der Waals surface area contributed by atoms with Crippen molar-refractivity contribution in [3.8, 4) is 0 Å². The minimum absolute atomic E-state index is 0.0192. The number of hydrogen-bond donors (Lipinski definition) is 0. The molecule has 108 valence electrons. The maximum Gasteiger partial charge on any atom is 0.347 e. The predicted molar refractivity (Wildman–Crippen MR) is 75.0 cm³/mol. The second kappa shape index (κ2) is 8.31. The lowest BCUT2D eigenvalue weighted by Crippen LogP contribution is -2.31. The van der Waals surface area contributed by atoms with Gasteiger partial charge in [-0.3, -0.25) is 9.46 Å². The van der Waals surface area contributed by atoms with Gasteiger partial charge in [0.1, 0.15) is 5.78 Å². The summed E-state index contributed by atoms with van der Waals surface area (Å²) < 4.78 is 23.7. The fourth-order valence-electron chi connectivity index (χ4n) is 2.56. The van der Waals surface area contributed by atoms with Crippen molar-refractivity contribution in [3.05, 3.63) is 0 Å². The molecule has 0 bridgehead atoms. The standard InChI is InChI=1S/C13H28NO3P/c1-4-7-8-11-14-12-9-10-13(14)18(15,16-5-2)17-6-3/h13H,4-12H2,1-3H3. The quantitative estimate of drug-likeness (QED) is 0.474. The van der Waals surface area contributed by atoms with Gasteiger partial charge in [-0.15, -0.1) is 0 Å². The van der Waals surface area contributed by atoms with Gasteiger partial charge in [0.25, 0.3) is 0 Å². The lowest BCUT2D eigenvalue weighted by molar-refractivity contribution is 0.180. The van der Waals surface area contributed by atoms with Crippen molar-refractivity contribution in [2.75, 3.05) is 26.3 Å². The highest BCUT2D eigenvalue weighted by atomic mass is 31.2. The van der Waals surface area contributed by atoms with Crippen LogP contribution >= 0.6 is 7.60 Å². The Morgan fingerprint density at radius 3 is 2.39 bits per heavy atom. The van der Waals surface area contributed by atoms with Crippen LogP contribution in [0.3, 0.4) is 0 Å². The molecule has 0 aromatic heterocycles. The van der Waals surface area contributed by atoms with Gasteiger partial charge in [-0.25, -0.2) is 0 Å². The number of likely N-dealkylation sites (tertiary alicyclic amines) is 1. The number of rotatable bonds is 9. The Hall–Kier alpha value is 0.110. The highest BCUT2D eigenvalue weighted by Crippen LogP contribution is 2.57. The van der Waals surface area contributed by atoms with E-state index < -0.39 is 7.60 Å². The van der Waals surface area contributed by atoms with Gasteiger partial charge < -0.3 is 9.05 Å². The molecular weight excluding hydrogens is 249 g/mol. The molecule has 1 fully saturated rings. The molecule has 1 rings (SSSR count). The van der Waals surface area contributed by atoms with Gasteiger partial charge in [0.05, 0.1) is 13.2 Å². The van der Waals surface area contributed by atoms with Crippen LogP contribution in [0.5, 0.6) is 0 Å². The molecule has 1 aliphatic rings. The number of nitrogens with zero attached hydrogens (tertiary/aromatic N) is 1. The third-order valence-corrected chi connectivity index (χ3v) is 5.91. The molecule has 0 saturated carbocycles. The van der Waals surface area contributed by atoms with Crippen LogP contribution in [0.1, 0.15) is 52.9 Å². The van der Waals surface area contributed by atoms with E-state index in [0.717, 1.165) is 25.9 Å². The Balaban J connectivity index is 2.61. The average Bonchev–Trinajstić information content (AvgIpc) is 2.79. The van der Waals surface area contributed by atoms with Crippen LogP contribution in [0.15, 0.2) is 0 Å². The summed E-state index contributed by atoms with van der Waals surface area (Å²) in [7, 11) is -2.95. The predicted octanol–water partition coefficient (Wildman–Crippen LogP) is 3.86. The first kappa shape index (κ1) is 16.2. The normalized spacial score (nSPS) is 21.6. The zero-order valence-electron chi connectivity index (χ0n) is 12.1. The van der Waals surface area contributed by atoms with Crippen molar-refractivity contribution in [1.29, 1.82) is 0 Å². The Morgan fingerprint density at radius 1 is 1.17 bits per heavy atom. The molecule has 18 heavy (non-hydrogen) atoms. The fraction of sp³-hybridized carbons (Fsp3) is 1.00. The van der Waals surface area contributed by atoms with Gasteiger partial charge in [-0.2, -0.15) is 0 Å². The molecule has 0 spiro atoms. The van der Waals surface area contributed by atoms with Gasteiger partial charge >= 0.3 is 7.60 Å². The van der Waals surface area contributed by atoms with Gasteiger partial charge in [0.2, 0.25) is 0 Å². The first-order valence-corrected chi connectivity index (χ1v) is 8.92. The monoisotopic (exact) mass is 277 g/mol. The highest BCUT2D eigenvalue weighted by Gasteiger charge is 2.42. The molecule has 1 heterocycles. The van der Waals surface area contributed by atoms with E-state index in [9.17, 15) is 4.57 Å². The first-order chi connectivity index (χ1) is 8.68. The number of hydrogen-bond acceptors (Lipinski definition) is 4. The van der Waals surface area contributed by atoms with Gasteiger partial charge in [0.15, 0.2) is 0 Å². The van der Waals surface area contributed by atoms with Crippen molar-refractivity contribution in [2.24, 2.45) is 0 Å². The van der Waals surface area contributed by atoms with Crippen LogP contribution in [0, 0.1) is 0 Å². The van der Waals surface area contributed by atoms with Crippen LogP contribution in [-0.4, -0.2) is 37.0 Å². The van der Waals surface area contributed by atoms with Crippen molar-refractivity contribution in [2.45, 2.75) is 58.7 Å². The lowest BCUT2D eigenvalue weighted by Gasteiger charge is -2.30. The van der Waals surface area contributed by atoms with Crippen molar-refractivity contribution >= 4 is 7.60 Å². The van der Waals surface area contributed by atoms with E-state index in [2.05, 4.69) is 11.8 Å². The molecule has 4 nitrogen and oxygen atoms in total. The van der Waals surface area contributed by atoms with Crippen LogP contribution in [-0.2, 0) is 13.6 Å². The summed E-state index contributed by atoms with van der Waals surface area (Å²) >= 11 is 0. The minimum atomic E-state index is -2.95. The molecule has 1 saturated heterocycles. The topological polar surface area (TPSA) is 38.8 Å². The summed E-state index contributed by atoms with van der Waals surface area (Å²) in [5, 5.41) is 0. The summed E-state index contributed by atoms with van der Waals surface area (Å²) in [6.07, 6.45) is 5.65. The van der Waals surface area contributed by atoms with Gasteiger partial charge in [0, 0.05) is 0 Å². The molecular formula is C13H28NO3P. The maximum absolute atomic E-state index is 12.8. The summed E-state index contributed by atoms with van der Waals surface area (Å²) in [5.74, 6) is -0.0192. The third-order valence-electron chi connectivity index (χ3n) is 3.36. The van der Waals surface area contributed by atoms with Crippen LogP contribution < -0.4 is 0 Å². The molecule has 1 unspecified atom stereocenters. The SMILES string of the molecule is CCCCCN1CCCC1P(=O)(OCC)OCC. The van der Waals surface area contributed by atoms with Crippen LogP contribution in [0.4, 0.5) is 0 Å². The largest absolute Gasteiger partial charge is 0.347 e. The molecule has 0 radical (unpaired) electrons. The second-order valence-corrected chi connectivity index (χ2v) is 6.93.